The molecule has 2 atom stereocenters. The maximum atomic E-state index is 12.4. The van der Waals surface area contributed by atoms with E-state index in [1.165, 1.54) is 0 Å². The van der Waals surface area contributed by atoms with E-state index in [2.05, 4.69) is 19.2 Å². The highest BCUT2D eigenvalue weighted by molar-refractivity contribution is 5.88. The van der Waals surface area contributed by atoms with Crippen LogP contribution in [0.2, 0.25) is 0 Å². The summed E-state index contributed by atoms with van der Waals surface area (Å²) in [5, 5.41) is 3.30. The van der Waals surface area contributed by atoms with Crippen LogP contribution >= 0.6 is 0 Å². The molecule has 0 aromatic heterocycles. The Morgan fingerprint density at radius 1 is 1.53 bits per heavy atom. The summed E-state index contributed by atoms with van der Waals surface area (Å²) in [6, 6.07) is 8.37. The lowest BCUT2D eigenvalue weighted by Gasteiger charge is -2.26. The number of fused-ring (bicyclic) bond motifs is 1. The molecule has 0 fully saturated rings. The first-order valence-corrected chi connectivity index (χ1v) is 6.24. The van der Waals surface area contributed by atoms with Crippen LogP contribution in [0.5, 0.6) is 0 Å². The number of hydrogen-bond donors (Lipinski definition) is 1. The zero-order valence-electron chi connectivity index (χ0n) is 10.7. The molecule has 0 bridgehead atoms. The van der Waals surface area contributed by atoms with Crippen molar-refractivity contribution in [3.05, 3.63) is 29.8 Å². The Morgan fingerprint density at radius 3 is 2.94 bits per heavy atom. The molecule has 1 heterocycles. The number of rotatable bonds is 3. The number of nitrogens with one attached hydrogen (secondary N) is 1. The molecule has 3 nitrogen and oxygen atoms in total. The van der Waals surface area contributed by atoms with E-state index >= 15 is 0 Å². The van der Waals surface area contributed by atoms with Crippen molar-refractivity contribution in [2.45, 2.75) is 32.2 Å². The summed E-state index contributed by atoms with van der Waals surface area (Å²) in [4.78, 5) is 14.3. The number of para-hydroxylation sites is 1. The third-order valence-electron chi connectivity index (χ3n) is 3.73. The van der Waals surface area contributed by atoms with Gasteiger partial charge in [0.25, 0.3) is 0 Å². The molecule has 1 aliphatic rings. The molecule has 0 saturated heterocycles. The smallest absolute Gasteiger partial charge is 0.231 e. The van der Waals surface area contributed by atoms with Gasteiger partial charge in [0.1, 0.15) is 0 Å². The molecule has 1 aromatic carbocycles. The van der Waals surface area contributed by atoms with Crippen LogP contribution in [-0.4, -0.2) is 30.4 Å². The molecule has 1 aromatic rings. The van der Waals surface area contributed by atoms with Crippen molar-refractivity contribution in [1.82, 2.24) is 4.90 Å². The number of amides is 1. The van der Waals surface area contributed by atoms with E-state index in [-0.39, 0.29) is 11.8 Å². The molecular formula is C14H20N2O. The quantitative estimate of drug-likeness (QED) is 0.868. The number of likely N-dealkylation sites (N-methyl/N-ethyl adjacent to an activating group) is 1. The molecule has 0 saturated carbocycles. The van der Waals surface area contributed by atoms with Gasteiger partial charge in [-0.15, -0.1) is 0 Å². The van der Waals surface area contributed by atoms with Crippen molar-refractivity contribution < 1.29 is 4.79 Å². The topological polar surface area (TPSA) is 32.3 Å². The molecule has 2 rings (SSSR count). The van der Waals surface area contributed by atoms with Gasteiger partial charge in [-0.25, -0.2) is 0 Å². The van der Waals surface area contributed by atoms with Gasteiger partial charge in [0, 0.05) is 25.3 Å². The summed E-state index contributed by atoms with van der Waals surface area (Å²) in [7, 11) is 1.90. The molecule has 1 aliphatic heterocycles. The first kappa shape index (κ1) is 12.0. The van der Waals surface area contributed by atoms with Gasteiger partial charge >= 0.3 is 0 Å². The second-order valence-electron chi connectivity index (χ2n) is 4.73. The second kappa shape index (κ2) is 4.78. The lowest BCUT2D eigenvalue weighted by molar-refractivity contribution is -0.132. The minimum Gasteiger partial charge on any atom is -0.384 e. The molecule has 92 valence electrons. The number of nitrogens with zero attached hydrogens (tertiary/aromatic N) is 1. The van der Waals surface area contributed by atoms with E-state index in [0.29, 0.717) is 6.04 Å². The van der Waals surface area contributed by atoms with Gasteiger partial charge in [0.05, 0.1) is 5.92 Å². The molecule has 1 amide bonds. The van der Waals surface area contributed by atoms with Crippen LogP contribution in [0, 0.1) is 0 Å². The number of carbonyl (C=O) groups excluding carboxylic acids is 1. The van der Waals surface area contributed by atoms with Gasteiger partial charge in [-0.05, 0) is 25.0 Å². The van der Waals surface area contributed by atoms with E-state index < -0.39 is 0 Å². The fourth-order valence-corrected chi connectivity index (χ4v) is 2.24. The van der Waals surface area contributed by atoms with Crippen molar-refractivity contribution in [1.29, 1.82) is 0 Å². The Kier molecular flexibility index (Phi) is 3.36. The van der Waals surface area contributed by atoms with Gasteiger partial charge in [-0.3, -0.25) is 4.79 Å². The average molecular weight is 232 g/mol. The standard InChI is InChI=1S/C14H20N2O/c1-4-10(2)16(3)14(17)12-9-15-13-8-6-5-7-11(12)13/h5-8,10,12,15H,4,9H2,1-3H3. The van der Waals surface area contributed by atoms with Gasteiger partial charge in [-0.2, -0.15) is 0 Å². The molecule has 1 N–H and O–H groups in total. The highest BCUT2D eigenvalue weighted by atomic mass is 16.2. The largest absolute Gasteiger partial charge is 0.384 e. The van der Waals surface area contributed by atoms with Crippen LogP contribution in [-0.2, 0) is 4.79 Å². The van der Waals surface area contributed by atoms with E-state index in [0.717, 1.165) is 24.2 Å². The molecular weight excluding hydrogens is 212 g/mol. The number of hydrogen-bond acceptors (Lipinski definition) is 2. The Morgan fingerprint density at radius 2 is 2.24 bits per heavy atom. The maximum Gasteiger partial charge on any atom is 0.231 e. The molecule has 0 spiro atoms. The third kappa shape index (κ3) is 2.14. The number of carbonyl (C=O) groups is 1. The molecule has 0 aliphatic carbocycles. The predicted octanol–water partition coefficient (Wildman–Crippen LogP) is 2.45. The van der Waals surface area contributed by atoms with Crippen LogP contribution in [0.3, 0.4) is 0 Å². The highest BCUT2D eigenvalue weighted by Gasteiger charge is 2.31. The Labute approximate surface area is 103 Å². The van der Waals surface area contributed by atoms with E-state index in [1.807, 2.05) is 36.2 Å². The highest BCUT2D eigenvalue weighted by Crippen LogP contribution is 2.32. The van der Waals surface area contributed by atoms with Crippen LogP contribution in [0.4, 0.5) is 5.69 Å². The van der Waals surface area contributed by atoms with Gasteiger partial charge < -0.3 is 10.2 Å². The summed E-state index contributed by atoms with van der Waals surface area (Å²) in [6.07, 6.45) is 0.990. The average Bonchev–Trinajstić information content (AvgIpc) is 2.79. The van der Waals surface area contributed by atoms with Gasteiger partial charge in [0.15, 0.2) is 0 Å². The van der Waals surface area contributed by atoms with E-state index in [1.54, 1.807) is 0 Å². The van der Waals surface area contributed by atoms with Crippen LogP contribution < -0.4 is 5.32 Å². The zero-order valence-corrected chi connectivity index (χ0v) is 10.7. The van der Waals surface area contributed by atoms with Crippen molar-refractivity contribution in [2.75, 3.05) is 18.9 Å². The van der Waals surface area contributed by atoms with Crippen LogP contribution in [0.15, 0.2) is 24.3 Å². The molecule has 0 radical (unpaired) electrons. The molecule has 3 heteroatoms. The second-order valence-corrected chi connectivity index (χ2v) is 4.73. The lowest BCUT2D eigenvalue weighted by atomic mass is 9.99. The van der Waals surface area contributed by atoms with E-state index in [4.69, 9.17) is 0 Å². The van der Waals surface area contributed by atoms with Crippen molar-refractivity contribution in [3.63, 3.8) is 0 Å². The normalized spacial score (nSPS) is 19.4. The zero-order chi connectivity index (χ0) is 12.4. The summed E-state index contributed by atoms with van der Waals surface area (Å²) in [5.41, 5.74) is 2.23. The Hall–Kier alpha value is -1.51. The van der Waals surface area contributed by atoms with Crippen LogP contribution in [0.1, 0.15) is 31.7 Å². The first-order valence-electron chi connectivity index (χ1n) is 6.24. The Bertz CT molecular complexity index is 416. The summed E-state index contributed by atoms with van der Waals surface area (Å²) in [6.45, 7) is 4.92. The maximum absolute atomic E-state index is 12.4. The number of anilines is 1. The third-order valence-corrected chi connectivity index (χ3v) is 3.73. The summed E-state index contributed by atoms with van der Waals surface area (Å²) < 4.78 is 0. The fourth-order valence-electron chi connectivity index (χ4n) is 2.24. The summed E-state index contributed by atoms with van der Waals surface area (Å²) >= 11 is 0. The lowest BCUT2D eigenvalue weighted by Crippen LogP contribution is -2.38. The molecule has 17 heavy (non-hydrogen) atoms. The molecule has 2 unspecified atom stereocenters. The monoisotopic (exact) mass is 232 g/mol. The predicted molar refractivity (Wildman–Crippen MR) is 70.2 cm³/mol. The minimum atomic E-state index is -0.0230. The van der Waals surface area contributed by atoms with Crippen molar-refractivity contribution >= 4 is 11.6 Å². The summed E-state index contributed by atoms with van der Waals surface area (Å²) in [5.74, 6) is 0.196. The van der Waals surface area contributed by atoms with Gasteiger partial charge in [-0.1, -0.05) is 25.1 Å². The Balaban J connectivity index is 2.18. The fraction of sp³-hybridized carbons (Fsp3) is 0.500. The van der Waals surface area contributed by atoms with Crippen molar-refractivity contribution in [3.8, 4) is 0 Å². The van der Waals surface area contributed by atoms with Crippen molar-refractivity contribution in [2.24, 2.45) is 0 Å². The van der Waals surface area contributed by atoms with Crippen LogP contribution in [0.25, 0.3) is 0 Å². The first-order chi connectivity index (χ1) is 8.15. The SMILES string of the molecule is CCC(C)N(C)C(=O)C1CNc2ccccc21. The van der Waals surface area contributed by atoms with E-state index in [9.17, 15) is 4.79 Å². The minimum absolute atomic E-state index is 0.0230. The number of benzene rings is 1. The van der Waals surface area contributed by atoms with Gasteiger partial charge in [0.2, 0.25) is 5.91 Å².